The molecule has 1 N–H and O–H groups in total. The third-order valence-corrected chi connectivity index (χ3v) is 5.40. The number of halogens is 1. The monoisotopic (exact) mass is 446 g/mol. The zero-order valence-electron chi connectivity index (χ0n) is 17.4. The van der Waals surface area contributed by atoms with Crippen molar-refractivity contribution < 1.29 is 9.72 Å². The zero-order chi connectivity index (χ0) is 22.8. The van der Waals surface area contributed by atoms with E-state index in [2.05, 4.69) is 10.4 Å². The number of aryl methyl sites for hydroxylation is 2. The summed E-state index contributed by atoms with van der Waals surface area (Å²) in [6, 6.07) is 20.4. The van der Waals surface area contributed by atoms with Gasteiger partial charge in [-0.2, -0.15) is 5.10 Å². The molecule has 4 aromatic rings. The Morgan fingerprint density at radius 3 is 2.28 bits per heavy atom. The minimum atomic E-state index is -0.460. The average Bonchev–Trinajstić information content (AvgIpc) is 3.22. The second-order valence-electron chi connectivity index (χ2n) is 7.36. The van der Waals surface area contributed by atoms with Crippen LogP contribution in [0, 0.1) is 24.0 Å². The van der Waals surface area contributed by atoms with E-state index in [0.717, 1.165) is 11.1 Å². The van der Waals surface area contributed by atoms with Crippen LogP contribution >= 0.6 is 11.6 Å². The molecule has 0 radical (unpaired) electrons. The molecule has 0 saturated carbocycles. The van der Waals surface area contributed by atoms with E-state index in [-0.39, 0.29) is 11.6 Å². The van der Waals surface area contributed by atoms with Crippen molar-refractivity contribution in [3.05, 3.63) is 105 Å². The molecule has 8 heteroatoms. The van der Waals surface area contributed by atoms with E-state index in [0.29, 0.717) is 33.3 Å². The highest BCUT2D eigenvalue weighted by atomic mass is 35.5. The molecule has 3 aromatic carbocycles. The molecule has 1 aromatic heterocycles. The number of nitro groups is 1. The molecule has 0 aliphatic rings. The third kappa shape index (κ3) is 4.38. The van der Waals surface area contributed by atoms with E-state index < -0.39 is 4.92 Å². The number of non-ortho nitro benzene ring substituents is 1. The second kappa shape index (κ2) is 8.64. The lowest BCUT2D eigenvalue weighted by atomic mass is 10.1. The van der Waals surface area contributed by atoms with Gasteiger partial charge in [0.25, 0.3) is 11.6 Å². The van der Waals surface area contributed by atoms with E-state index in [4.69, 9.17) is 11.6 Å². The number of hydrogen-bond acceptors (Lipinski definition) is 4. The van der Waals surface area contributed by atoms with Crippen molar-refractivity contribution in [1.82, 2.24) is 9.78 Å². The number of aromatic nitrogens is 2. The largest absolute Gasteiger partial charge is 0.321 e. The third-order valence-electron chi connectivity index (χ3n) is 5.15. The van der Waals surface area contributed by atoms with Crippen LogP contribution in [0.15, 0.2) is 72.8 Å². The van der Waals surface area contributed by atoms with Crippen LogP contribution in [0.2, 0.25) is 5.02 Å². The first kappa shape index (κ1) is 21.3. The Hall–Kier alpha value is -3.97. The van der Waals surface area contributed by atoms with E-state index in [9.17, 15) is 14.9 Å². The normalized spacial score (nSPS) is 10.7. The van der Waals surface area contributed by atoms with Crippen LogP contribution in [0.1, 0.15) is 21.6 Å². The van der Waals surface area contributed by atoms with E-state index >= 15 is 0 Å². The Balaban J connectivity index is 1.75. The molecule has 0 bridgehead atoms. The van der Waals surface area contributed by atoms with Gasteiger partial charge in [0, 0.05) is 28.4 Å². The summed E-state index contributed by atoms with van der Waals surface area (Å²) in [6.45, 7) is 3.99. The smallest absolute Gasteiger partial charge is 0.274 e. The topological polar surface area (TPSA) is 90.1 Å². The van der Waals surface area contributed by atoms with Crippen molar-refractivity contribution in [2.24, 2.45) is 0 Å². The number of carbonyl (C=O) groups excluding carboxylic acids is 1. The number of carbonyl (C=O) groups is 1. The summed E-state index contributed by atoms with van der Waals surface area (Å²) in [6.07, 6.45) is 0. The van der Waals surface area contributed by atoms with Crippen molar-refractivity contribution >= 4 is 28.9 Å². The van der Waals surface area contributed by atoms with Crippen LogP contribution in [0.4, 0.5) is 11.4 Å². The van der Waals surface area contributed by atoms with Crippen LogP contribution in [-0.4, -0.2) is 20.6 Å². The number of nitrogens with one attached hydrogen (secondary N) is 1. The summed E-state index contributed by atoms with van der Waals surface area (Å²) in [4.78, 5) is 23.7. The van der Waals surface area contributed by atoms with Gasteiger partial charge in [0.15, 0.2) is 0 Å². The number of hydrogen-bond donors (Lipinski definition) is 1. The summed E-state index contributed by atoms with van der Waals surface area (Å²) >= 11 is 6.01. The lowest BCUT2D eigenvalue weighted by Gasteiger charge is -2.10. The van der Waals surface area contributed by atoms with Gasteiger partial charge in [0.05, 0.1) is 16.3 Å². The molecule has 0 atom stereocenters. The molecule has 7 nitrogen and oxygen atoms in total. The highest BCUT2D eigenvalue weighted by Gasteiger charge is 2.19. The van der Waals surface area contributed by atoms with Crippen molar-refractivity contribution in [3.63, 3.8) is 0 Å². The fraction of sp³-hybridized carbons (Fsp3) is 0.0833. The Kier molecular flexibility index (Phi) is 5.75. The maximum Gasteiger partial charge on any atom is 0.274 e. The molecule has 0 fully saturated rings. The van der Waals surface area contributed by atoms with Crippen molar-refractivity contribution in [3.8, 4) is 16.9 Å². The Morgan fingerprint density at radius 1 is 0.969 bits per heavy atom. The summed E-state index contributed by atoms with van der Waals surface area (Å²) in [7, 11) is 0. The highest BCUT2D eigenvalue weighted by Crippen LogP contribution is 2.25. The maximum absolute atomic E-state index is 13.2. The first-order valence-electron chi connectivity index (χ1n) is 9.81. The molecular weight excluding hydrogens is 428 g/mol. The van der Waals surface area contributed by atoms with E-state index in [1.807, 2.05) is 32.0 Å². The molecule has 32 heavy (non-hydrogen) atoms. The number of nitrogens with zero attached hydrogens (tertiary/aromatic N) is 3. The Labute approximate surface area is 189 Å². The van der Waals surface area contributed by atoms with Gasteiger partial charge in [-0.1, -0.05) is 17.7 Å². The predicted octanol–water partition coefficient (Wildman–Crippen LogP) is 5.97. The maximum atomic E-state index is 13.2. The zero-order valence-corrected chi connectivity index (χ0v) is 18.1. The molecule has 1 amide bonds. The summed E-state index contributed by atoms with van der Waals surface area (Å²) in [5.74, 6) is -0.330. The van der Waals surface area contributed by atoms with Gasteiger partial charge in [-0.3, -0.25) is 14.9 Å². The lowest BCUT2D eigenvalue weighted by molar-refractivity contribution is -0.384. The fourth-order valence-electron chi connectivity index (χ4n) is 3.23. The van der Waals surface area contributed by atoms with E-state index in [1.54, 1.807) is 42.5 Å². The molecule has 0 saturated heterocycles. The lowest BCUT2D eigenvalue weighted by Crippen LogP contribution is -2.17. The number of nitro benzene ring substituents is 1. The molecule has 160 valence electrons. The summed E-state index contributed by atoms with van der Waals surface area (Å²) < 4.78 is 1.53. The summed E-state index contributed by atoms with van der Waals surface area (Å²) in [5.41, 5.74) is 5.02. The SMILES string of the molecule is Cc1ccc(NC(=O)c2cc(-c3ccc([N+](=O)[O-])cc3)nn2-c2ccc(Cl)cc2)cc1C. The predicted molar refractivity (Wildman–Crippen MR) is 125 cm³/mol. The van der Waals surface area contributed by atoms with Gasteiger partial charge in [0.1, 0.15) is 5.69 Å². The summed E-state index contributed by atoms with van der Waals surface area (Å²) in [5, 5.41) is 19.0. The highest BCUT2D eigenvalue weighted by molar-refractivity contribution is 6.30. The minimum Gasteiger partial charge on any atom is -0.321 e. The quantitative estimate of drug-likeness (QED) is 0.302. The van der Waals surface area contributed by atoms with Gasteiger partial charge in [-0.15, -0.1) is 0 Å². The Morgan fingerprint density at radius 2 is 1.66 bits per heavy atom. The molecule has 4 rings (SSSR count). The minimum absolute atomic E-state index is 0.0152. The van der Waals surface area contributed by atoms with Crippen LogP contribution in [0.3, 0.4) is 0 Å². The van der Waals surface area contributed by atoms with Gasteiger partial charge < -0.3 is 5.32 Å². The van der Waals surface area contributed by atoms with Crippen molar-refractivity contribution in [2.75, 3.05) is 5.32 Å². The standard InChI is InChI=1S/C24H19ClN4O3/c1-15-3-8-19(13-16(15)2)26-24(30)23-14-22(17-4-9-21(10-5-17)29(31)32)27-28(23)20-11-6-18(25)7-12-20/h3-14H,1-2H3,(H,26,30). The second-order valence-corrected chi connectivity index (χ2v) is 7.80. The molecule has 0 unspecified atom stereocenters. The number of anilines is 1. The van der Waals surface area contributed by atoms with Gasteiger partial charge in [-0.05, 0) is 79.6 Å². The molecular formula is C24H19ClN4O3. The molecule has 0 aliphatic heterocycles. The molecule has 1 heterocycles. The fourth-order valence-corrected chi connectivity index (χ4v) is 3.36. The van der Waals surface area contributed by atoms with Crippen LogP contribution < -0.4 is 5.32 Å². The van der Waals surface area contributed by atoms with Crippen LogP contribution in [0.5, 0.6) is 0 Å². The van der Waals surface area contributed by atoms with E-state index in [1.165, 1.54) is 16.8 Å². The number of rotatable bonds is 5. The molecule has 0 aliphatic carbocycles. The van der Waals surface area contributed by atoms with Gasteiger partial charge in [0.2, 0.25) is 0 Å². The Bertz CT molecular complexity index is 1310. The average molecular weight is 447 g/mol. The van der Waals surface area contributed by atoms with Gasteiger partial charge in [-0.25, -0.2) is 4.68 Å². The van der Waals surface area contributed by atoms with Crippen LogP contribution in [-0.2, 0) is 0 Å². The van der Waals surface area contributed by atoms with Crippen molar-refractivity contribution in [2.45, 2.75) is 13.8 Å². The van der Waals surface area contributed by atoms with Gasteiger partial charge >= 0.3 is 0 Å². The van der Waals surface area contributed by atoms with Crippen molar-refractivity contribution in [1.29, 1.82) is 0 Å². The van der Waals surface area contributed by atoms with Crippen LogP contribution in [0.25, 0.3) is 16.9 Å². The molecule has 0 spiro atoms. The first-order chi connectivity index (χ1) is 15.3. The number of amides is 1. The number of benzene rings is 3. The first-order valence-corrected chi connectivity index (χ1v) is 10.2.